The van der Waals surface area contributed by atoms with Gasteiger partial charge < -0.3 is 9.84 Å². The molecule has 0 aromatic heterocycles. The van der Waals surface area contributed by atoms with Crippen LogP contribution in [0.5, 0.6) is 0 Å². The maximum absolute atomic E-state index is 12.2. The van der Waals surface area contributed by atoms with E-state index in [1.54, 1.807) is 26.0 Å². The quantitative estimate of drug-likeness (QED) is 0.727. The fraction of sp³-hybridized carbons (Fsp3) is 0.500. The van der Waals surface area contributed by atoms with Gasteiger partial charge in [-0.1, -0.05) is 19.1 Å². The smallest absolute Gasteiger partial charge is 0.309 e. The summed E-state index contributed by atoms with van der Waals surface area (Å²) in [6.07, 6.45) is 0.552. The first kappa shape index (κ1) is 17.6. The number of hydrogen-bond donors (Lipinski definition) is 2. The Morgan fingerprint density at radius 3 is 2.33 bits per heavy atom. The number of aliphatic hydroxyl groups excluding tert-OH is 1. The standard InChI is InChI=1S/C14H21NO5S/c1-4-14(2,10-16)15-21(18,19)12-7-5-11(6-8-12)9-13(17)20-3/h5-8,15-16H,4,9-10H2,1-3H3. The molecular weight excluding hydrogens is 294 g/mol. The van der Waals surface area contributed by atoms with Crippen LogP contribution in [0.2, 0.25) is 0 Å². The Balaban J connectivity index is 2.92. The Morgan fingerprint density at radius 2 is 1.90 bits per heavy atom. The lowest BCUT2D eigenvalue weighted by atomic mass is 10.0. The Morgan fingerprint density at radius 1 is 1.33 bits per heavy atom. The van der Waals surface area contributed by atoms with Crippen LogP contribution in [0.4, 0.5) is 0 Å². The summed E-state index contributed by atoms with van der Waals surface area (Å²) in [5.41, 5.74) is -0.231. The molecule has 0 bridgehead atoms. The molecular formula is C14H21NO5S. The van der Waals surface area contributed by atoms with E-state index in [0.717, 1.165) is 0 Å². The first-order chi connectivity index (χ1) is 9.76. The second-order valence-electron chi connectivity index (χ2n) is 5.07. The fourth-order valence-corrected chi connectivity index (χ4v) is 3.09. The van der Waals surface area contributed by atoms with Gasteiger partial charge in [0.05, 0.1) is 30.6 Å². The molecule has 1 unspecified atom stereocenters. The minimum Gasteiger partial charge on any atom is -0.469 e. The molecule has 0 heterocycles. The van der Waals surface area contributed by atoms with Crippen molar-refractivity contribution in [3.63, 3.8) is 0 Å². The maximum Gasteiger partial charge on any atom is 0.309 e. The van der Waals surface area contributed by atoms with Crippen molar-refractivity contribution in [2.24, 2.45) is 0 Å². The number of rotatable bonds is 7. The monoisotopic (exact) mass is 315 g/mol. The highest BCUT2D eigenvalue weighted by Crippen LogP contribution is 2.16. The lowest BCUT2D eigenvalue weighted by Crippen LogP contribution is -2.48. The molecule has 1 aromatic rings. The third kappa shape index (κ3) is 4.80. The van der Waals surface area contributed by atoms with E-state index in [9.17, 15) is 18.3 Å². The molecule has 0 aliphatic rings. The van der Waals surface area contributed by atoms with E-state index in [1.165, 1.54) is 19.2 Å². The Kier molecular flexibility index (Phi) is 5.88. The Labute approximate surface area is 125 Å². The molecule has 1 rings (SSSR count). The van der Waals surface area contributed by atoms with Crippen molar-refractivity contribution in [2.45, 2.75) is 37.1 Å². The van der Waals surface area contributed by atoms with Crippen LogP contribution in [0, 0.1) is 0 Å². The minimum atomic E-state index is -3.72. The van der Waals surface area contributed by atoms with Crippen LogP contribution in [0.25, 0.3) is 0 Å². The second kappa shape index (κ2) is 7.02. The number of benzene rings is 1. The summed E-state index contributed by atoms with van der Waals surface area (Å²) in [7, 11) is -2.42. The van der Waals surface area contributed by atoms with E-state index in [-0.39, 0.29) is 23.9 Å². The van der Waals surface area contributed by atoms with Crippen LogP contribution in [-0.2, 0) is 26.0 Å². The highest BCUT2D eigenvalue weighted by atomic mass is 32.2. The summed E-state index contributed by atoms with van der Waals surface area (Å²) in [5, 5.41) is 9.29. The third-order valence-corrected chi connectivity index (χ3v) is 4.97. The van der Waals surface area contributed by atoms with Crippen LogP contribution in [-0.4, -0.2) is 38.7 Å². The van der Waals surface area contributed by atoms with Gasteiger partial charge in [0.2, 0.25) is 10.0 Å². The second-order valence-corrected chi connectivity index (χ2v) is 6.76. The molecule has 118 valence electrons. The van der Waals surface area contributed by atoms with Gasteiger partial charge in [0.25, 0.3) is 0 Å². The van der Waals surface area contributed by atoms with Gasteiger partial charge in [0, 0.05) is 0 Å². The van der Waals surface area contributed by atoms with Gasteiger partial charge in [-0.15, -0.1) is 0 Å². The summed E-state index contributed by atoms with van der Waals surface area (Å²) >= 11 is 0. The van der Waals surface area contributed by atoms with E-state index in [0.29, 0.717) is 12.0 Å². The molecule has 21 heavy (non-hydrogen) atoms. The van der Waals surface area contributed by atoms with Crippen molar-refractivity contribution in [2.75, 3.05) is 13.7 Å². The number of aliphatic hydroxyl groups is 1. The predicted molar refractivity (Wildman–Crippen MR) is 78.3 cm³/mol. The molecule has 0 amide bonds. The fourth-order valence-electron chi connectivity index (χ4n) is 1.62. The van der Waals surface area contributed by atoms with Crippen molar-refractivity contribution in [1.29, 1.82) is 0 Å². The number of hydrogen-bond acceptors (Lipinski definition) is 5. The summed E-state index contributed by atoms with van der Waals surface area (Å²) in [6.45, 7) is 3.14. The van der Waals surface area contributed by atoms with Gasteiger partial charge in [-0.3, -0.25) is 4.79 Å². The molecule has 0 aliphatic heterocycles. The van der Waals surface area contributed by atoms with Gasteiger partial charge in [-0.2, -0.15) is 0 Å². The third-order valence-electron chi connectivity index (χ3n) is 3.32. The number of carbonyl (C=O) groups is 1. The Bertz CT molecular complexity index is 576. The molecule has 0 radical (unpaired) electrons. The van der Waals surface area contributed by atoms with Crippen LogP contribution >= 0.6 is 0 Å². The average molecular weight is 315 g/mol. The van der Waals surface area contributed by atoms with Crippen molar-refractivity contribution in [3.05, 3.63) is 29.8 Å². The van der Waals surface area contributed by atoms with Gasteiger partial charge in [0.1, 0.15) is 0 Å². The van der Waals surface area contributed by atoms with Crippen molar-refractivity contribution >= 4 is 16.0 Å². The van der Waals surface area contributed by atoms with Gasteiger partial charge >= 0.3 is 5.97 Å². The van der Waals surface area contributed by atoms with Crippen molar-refractivity contribution in [1.82, 2.24) is 4.72 Å². The summed E-state index contributed by atoms with van der Waals surface area (Å²) in [5.74, 6) is -0.387. The van der Waals surface area contributed by atoms with Gasteiger partial charge in [0.15, 0.2) is 0 Å². The van der Waals surface area contributed by atoms with Crippen LogP contribution in [0.1, 0.15) is 25.8 Å². The van der Waals surface area contributed by atoms with Crippen molar-refractivity contribution in [3.8, 4) is 0 Å². The zero-order valence-electron chi connectivity index (χ0n) is 12.4. The number of carbonyl (C=O) groups excluding carboxylic acids is 1. The topological polar surface area (TPSA) is 92.7 Å². The number of esters is 1. The summed E-state index contributed by atoms with van der Waals surface area (Å²) < 4.78 is 31.5. The SMILES string of the molecule is CCC(C)(CO)NS(=O)(=O)c1ccc(CC(=O)OC)cc1. The molecule has 1 atom stereocenters. The van der Waals surface area contributed by atoms with Gasteiger partial charge in [-0.05, 0) is 31.0 Å². The van der Waals surface area contributed by atoms with E-state index in [4.69, 9.17) is 0 Å². The molecule has 0 aliphatic carbocycles. The zero-order chi connectivity index (χ0) is 16.1. The van der Waals surface area contributed by atoms with Crippen LogP contribution in [0.3, 0.4) is 0 Å². The lowest BCUT2D eigenvalue weighted by Gasteiger charge is -2.26. The number of ether oxygens (including phenoxy) is 1. The lowest BCUT2D eigenvalue weighted by molar-refractivity contribution is -0.139. The van der Waals surface area contributed by atoms with Crippen LogP contribution in [0.15, 0.2) is 29.2 Å². The molecule has 0 spiro atoms. The molecule has 1 aromatic carbocycles. The number of methoxy groups -OCH3 is 1. The molecule has 0 fully saturated rings. The van der Waals surface area contributed by atoms with E-state index < -0.39 is 15.6 Å². The first-order valence-electron chi connectivity index (χ1n) is 6.57. The molecule has 7 heteroatoms. The maximum atomic E-state index is 12.2. The number of sulfonamides is 1. The largest absolute Gasteiger partial charge is 0.469 e. The van der Waals surface area contributed by atoms with E-state index in [1.807, 2.05) is 0 Å². The van der Waals surface area contributed by atoms with E-state index in [2.05, 4.69) is 9.46 Å². The first-order valence-corrected chi connectivity index (χ1v) is 8.05. The van der Waals surface area contributed by atoms with Crippen molar-refractivity contribution < 1.29 is 23.1 Å². The highest BCUT2D eigenvalue weighted by molar-refractivity contribution is 7.89. The zero-order valence-corrected chi connectivity index (χ0v) is 13.2. The Hall–Kier alpha value is -1.44. The molecule has 6 nitrogen and oxygen atoms in total. The summed E-state index contributed by atoms with van der Waals surface area (Å²) in [4.78, 5) is 11.2. The predicted octanol–water partition coefficient (Wildman–Crippen LogP) is 0.841. The van der Waals surface area contributed by atoms with Crippen LogP contribution < -0.4 is 4.72 Å². The van der Waals surface area contributed by atoms with E-state index >= 15 is 0 Å². The normalized spacial score (nSPS) is 14.5. The minimum absolute atomic E-state index is 0.0873. The highest BCUT2D eigenvalue weighted by Gasteiger charge is 2.28. The molecule has 0 saturated heterocycles. The number of nitrogens with one attached hydrogen (secondary N) is 1. The average Bonchev–Trinajstić information content (AvgIpc) is 2.47. The summed E-state index contributed by atoms with van der Waals surface area (Å²) in [6, 6.07) is 5.98. The molecule has 2 N–H and O–H groups in total. The molecule has 0 saturated carbocycles. The van der Waals surface area contributed by atoms with Gasteiger partial charge in [-0.25, -0.2) is 13.1 Å².